The zero-order chi connectivity index (χ0) is 26.6. The molecule has 2 aromatic carbocycles. The largest absolute Gasteiger partial charge is 0.460 e. The lowest BCUT2D eigenvalue weighted by Crippen LogP contribution is -2.57. The third-order valence-corrected chi connectivity index (χ3v) is 6.86. The van der Waals surface area contributed by atoms with E-state index in [4.69, 9.17) is 15.2 Å². The second-order valence-electron chi connectivity index (χ2n) is 10.7. The van der Waals surface area contributed by atoms with Crippen LogP contribution in [0.15, 0.2) is 67.0 Å². The first-order valence-corrected chi connectivity index (χ1v) is 12.6. The lowest BCUT2D eigenvalue weighted by molar-refractivity contribution is -0.149. The molecule has 0 bridgehead atoms. The van der Waals surface area contributed by atoms with Gasteiger partial charge in [0.15, 0.2) is 0 Å². The van der Waals surface area contributed by atoms with Gasteiger partial charge in [0.2, 0.25) is 0 Å². The normalized spacial score (nSPS) is 16.2. The highest BCUT2D eigenvalue weighted by molar-refractivity contribution is 5.79. The number of aryl methyl sites for hydroxylation is 1. The topological polar surface area (TPSA) is 99.7 Å². The summed E-state index contributed by atoms with van der Waals surface area (Å²) in [4.78, 5) is 27.7. The number of rotatable bonds is 6. The van der Waals surface area contributed by atoms with Gasteiger partial charge in [0.05, 0.1) is 6.20 Å². The molecule has 2 N–H and O–H groups in total. The molecule has 0 spiro atoms. The van der Waals surface area contributed by atoms with Gasteiger partial charge >= 0.3 is 12.1 Å². The Bertz CT molecular complexity index is 1220. The standard InChI is InChI=1S/C29H36N4O4/c1-28(2,3)37-27(35)33-15-13-29(14-16-33,25(30)26(34)36-20-21-9-6-5-7-10-21)24-12-8-11-22(17-24)23-18-31-32(4)19-23/h5-12,17-19,25H,13-16,20,30H2,1-4H3. The predicted molar refractivity (Wildman–Crippen MR) is 142 cm³/mol. The highest BCUT2D eigenvalue weighted by Crippen LogP contribution is 2.40. The van der Waals surface area contributed by atoms with Crippen molar-refractivity contribution in [3.63, 3.8) is 0 Å². The van der Waals surface area contributed by atoms with Crippen LogP contribution in [0.2, 0.25) is 0 Å². The molecule has 1 aromatic heterocycles. The molecule has 37 heavy (non-hydrogen) atoms. The minimum atomic E-state index is -0.902. The molecular formula is C29H36N4O4. The van der Waals surface area contributed by atoms with Gasteiger partial charge in [0, 0.05) is 37.3 Å². The Labute approximate surface area is 218 Å². The third kappa shape index (κ3) is 6.20. The van der Waals surface area contributed by atoms with E-state index in [1.165, 1.54) is 0 Å². The summed E-state index contributed by atoms with van der Waals surface area (Å²) in [7, 11) is 1.87. The molecule has 3 aromatic rings. The van der Waals surface area contributed by atoms with Gasteiger partial charge in [-0.1, -0.05) is 54.6 Å². The van der Waals surface area contributed by atoms with Gasteiger partial charge < -0.3 is 20.1 Å². The van der Waals surface area contributed by atoms with Gasteiger partial charge in [-0.15, -0.1) is 0 Å². The fraction of sp³-hybridized carbons (Fsp3) is 0.414. The van der Waals surface area contributed by atoms with Crippen molar-refractivity contribution >= 4 is 12.1 Å². The molecular weight excluding hydrogens is 468 g/mol. The first kappa shape index (κ1) is 26.4. The van der Waals surface area contributed by atoms with Gasteiger partial charge in [-0.25, -0.2) is 4.79 Å². The Balaban J connectivity index is 1.60. The van der Waals surface area contributed by atoms with E-state index in [0.717, 1.165) is 22.3 Å². The van der Waals surface area contributed by atoms with Crippen molar-refractivity contribution in [2.24, 2.45) is 12.8 Å². The summed E-state index contributed by atoms with van der Waals surface area (Å²) in [6, 6.07) is 16.7. The van der Waals surface area contributed by atoms with Crippen LogP contribution in [0.4, 0.5) is 4.79 Å². The molecule has 1 unspecified atom stereocenters. The molecule has 0 radical (unpaired) electrons. The summed E-state index contributed by atoms with van der Waals surface area (Å²) in [5.74, 6) is -0.457. The molecule has 8 nitrogen and oxygen atoms in total. The van der Waals surface area contributed by atoms with Crippen LogP contribution in [0.1, 0.15) is 44.7 Å². The lowest BCUT2D eigenvalue weighted by Gasteiger charge is -2.45. The van der Waals surface area contributed by atoms with Gasteiger partial charge in [0.25, 0.3) is 0 Å². The van der Waals surface area contributed by atoms with Crippen molar-refractivity contribution in [2.75, 3.05) is 13.1 Å². The number of aromatic nitrogens is 2. The SMILES string of the molecule is Cn1cc(-c2cccc(C3(C(N)C(=O)OCc4ccccc4)CCN(C(=O)OC(C)(C)C)CC3)c2)cn1. The van der Waals surface area contributed by atoms with Gasteiger partial charge in [0.1, 0.15) is 18.2 Å². The van der Waals surface area contributed by atoms with Crippen molar-refractivity contribution in [3.05, 3.63) is 78.1 Å². The van der Waals surface area contributed by atoms with Crippen LogP contribution >= 0.6 is 0 Å². The number of piperidine rings is 1. The Morgan fingerprint density at radius 2 is 1.76 bits per heavy atom. The van der Waals surface area contributed by atoms with Crippen LogP contribution in [-0.4, -0.2) is 51.5 Å². The van der Waals surface area contributed by atoms with E-state index in [9.17, 15) is 9.59 Å². The van der Waals surface area contributed by atoms with E-state index < -0.39 is 23.0 Å². The van der Waals surface area contributed by atoms with Crippen LogP contribution in [0.3, 0.4) is 0 Å². The first-order chi connectivity index (χ1) is 17.6. The summed E-state index contributed by atoms with van der Waals surface area (Å²) in [5.41, 5.74) is 9.24. The van der Waals surface area contributed by atoms with E-state index in [-0.39, 0.29) is 12.7 Å². The van der Waals surface area contributed by atoms with Crippen molar-refractivity contribution in [1.29, 1.82) is 0 Å². The zero-order valence-electron chi connectivity index (χ0n) is 22.0. The maximum Gasteiger partial charge on any atom is 0.410 e. The Morgan fingerprint density at radius 3 is 2.38 bits per heavy atom. The minimum absolute atomic E-state index is 0.156. The van der Waals surface area contributed by atoms with Crippen molar-refractivity contribution in [1.82, 2.24) is 14.7 Å². The maximum atomic E-state index is 13.3. The second-order valence-corrected chi connectivity index (χ2v) is 10.7. The Hall–Kier alpha value is -3.65. The monoisotopic (exact) mass is 504 g/mol. The zero-order valence-corrected chi connectivity index (χ0v) is 22.0. The molecule has 1 amide bonds. The molecule has 1 aliphatic heterocycles. The smallest absolute Gasteiger partial charge is 0.410 e. The summed E-state index contributed by atoms with van der Waals surface area (Å²) in [6.07, 6.45) is 4.41. The third-order valence-electron chi connectivity index (χ3n) is 6.86. The molecule has 1 atom stereocenters. The number of hydrogen-bond acceptors (Lipinski definition) is 6. The van der Waals surface area contributed by atoms with Crippen LogP contribution in [-0.2, 0) is 33.3 Å². The van der Waals surface area contributed by atoms with Crippen molar-refractivity contribution < 1.29 is 19.1 Å². The predicted octanol–water partition coefficient (Wildman–Crippen LogP) is 4.43. The lowest BCUT2D eigenvalue weighted by atomic mass is 9.67. The highest BCUT2D eigenvalue weighted by Gasteiger charge is 2.46. The number of hydrogen-bond donors (Lipinski definition) is 1. The summed E-state index contributed by atoms with van der Waals surface area (Å²) >= 11 is 0. The fourth-order valence-electron chi connectivity index (χ4n) is 4.82. The minimum Gasteiger partial charge on any atom is -0.460 e. The molecule has 2 heterocycles. The molecule has 8 heteroatoms. The molecule has 0 aliphatic carbocycles. The van der Waals surface area contributed by atoms with Crippen LogP contribution in [0.25, 0.3) is 11.1 Å². The number of ether oxygens (including phenoxy) is 2. The summed E-state index contributed by atoms with van der Waals surface area (Å²) < 4.78 is 13.0. The van der Waals surface area contributed by atoms with Gasteiger partial charge in [-0.3, -0.25) is 9.48 Å². The average Bonchev–Trinajstić information content (AvgIpc) is 3.33. The van der Waals surface area contributed by atoms with Crippen LogP contribution < -0.4 is 5.73 Å². The van der Waals surface area contributed by atoms with E-state index in [1.807, 2.05) is 88.7 Å². The van der Waals surface area contributed by atoms with Crippen molar-refractivity contribution in [3.8, 4) is 11.1 Å². The van der Waals surface area contributed by atoms with Gasteiger partial charge in [-0.2, -0.15) is 5.10 Å². The van der Waals surface area contributed by atoms with E-state index in [0.29, 0.717) is 25.9 Å². The van der Waals surface area contributed by atoms with Crippen LogP contribution in [0.5, 0.6) is 0 Å². The summed E-state index contributed by atoms with van der Waals surface area (Å²) in [6.45, 7) is 6.55. The van der Waals surface area contributed by atoms with E-state index in [2.05, 4.69) is 11.2 Å². The van der Waals surface area contributed by atoms with E-state index >= 15 is 0 Å². The first-order valence-electron chi connectivity index (χ1n) is 12.6. The fourth-order valence-corrected chi connectivity index (χ4v) is 4.82. The molecule has 1 fully saturated rings. The number of nitrogens with two attached hydrogens (primary N) is 1. The quantitative estimate of drug-likeness (QED) is 0.499. The molecule has 0 saturated carbocycles. The van der Waals surface area contributed by atoms with Gasteiger partial charge in [-0.05, 0) is 50.3 Å². The number of carbonyl (C=O) groups is 2. The number of esters is 1. The average molecular weight is 505 g/mol. The maximum absolute atomic E-state index is 13.3. The number of nitrogens with zero attached hydrogens (tertiary/aromatic N) is 3. The number of amides is 1. The molecule has 196 valence electrons. The number of carbonyl (C=O) groups excluding carboxylic acids is 2. The molecule has 1 saturated heterocycles. The number of benzene rings is 2. The number of likely N-dealkylation sites (tertiary alicyclic amines) is 1. The summed E-state index contributed by atoms with van der Waals surface area (Å²) in [5, 5.41) is 4.29. The van der Waals surface area contributed by atoms with Crippen LogP contribution in [0, 0.1) is 0 Å². The highest BCUT2D eigenvalue weighted by atomic mass is 16.6. The van der Waals surface area contributed by atoms with E-state index in [1.54, 1.807) is 9.58 Å². The second kappa shape index (κ2) is 10.8. The molecule has 4 rings (SSSR count). The molecule has 1 aliphatic rings. The Morgan fingerprint density at radius 1 is 1.05 bits per heavy atom. The Kier molecular flexibility index (Phi) is 7.68. The van der Waals surface area contributed by atoms with Crippen molar-refractivity contribution in [2.45, 2.75) is 57.3 Å².